The van der Waals surface area contributed by atoms with Gasteiger partial charge in [-0.15, -0.1) is 0 Å². The van der Waals surface area contributed by atoms with Crippen LogP contribution in [0.1, 0.15) is 19.3 Å². The lowest BCUT2D eigenvalue weighted by molar-refractivity contribution is -0.176. The highest BCUT2D eigenvalue weighted by molar-refractivity contribution is 6.50. The van der Waals surface area contributed by atoms with Crippen LogP contribution >= 0.6 is 0 Å². The molecule has 0 saturated heterocycles. The molecule has 1 aliphatic rings. The number of alkyl halides is 3. The predicted octanol–water partition coefficient (Wildman–Crippen LogP) is 1.29. The number of rotatable bonds is 1. The molecule has 0 aromatic heterocycles. The normalized spacial score (nSPS) is 24.1. The highest BCUT2D eigenvalue weighted by atomic mass is 19.4. The molecule has 0 aromatic rings. The zero-order valence-corrected chi connectivity index (χ0v) is 6.88. The second kappa shape index (κ2) is 3.71. The van der Waals surface area contributed by atoms with Crippen molar-refractivity contribution in [2.24, 2.45) is 5.92 Å². The SMILES string of the molecule is OB(O)C1=CCC(C(F)(F)F)CC1. The minimum absolute atomic E-state index is 0.0487. The summed E-state index contributed by atoms with van der Waals surface area (Å²) < 4.78 is 36.3. The number of halogens is 3. The first-order chi connectivity index (χ1) is 5.91. The Labute approximate surface area is 74.2 Å². The average molecular weight is 194 g/mol. The van der Waals surface area contributed by atoms with Crippen LogP contribution in [-0.2, 0) is 0 Å². The van der Waals surface area contributed by atoms with Gasteiger partial charge in [-0.3, -0.25) is 0 Å². The van der Waals surface area contributed by atoms with Crippen LogP contribution in [-0.4, -0.2) is 23.3 Å². The fourth-order valence-corrected chi connectivity index (χ4v) is 1.39. The molecule has 0 amide bonds. The molecule has 1 rings (SSSR count). The summed E-state index contributed by atoms with van der Waals surface area (Å²) in [6, 6.07) is 0. The fraction of sp³-hybridized carbons (Fsp3) is 0.714. The lowest BCUT2D eigenvalue weighted by atomic mass is 9.71. The van der Waals surface area contributed by atoms with Crippen LogP contribution in [0.5, 0.6) is 0 Å². The first kappa shape index (κ1) is 10.6. The molecule has 0 radical (unpaired) electrons. The lowest BCUT2D eigenvalue weighted by Crippen LogP contribution is -2.27. The standard InChI is InChI=1S/C7H10BF3O2/c9-7(10,11)5-1-3-6(4-2-5)8(12)13/h3,5,12-13H,1-2,4H2. The Balaban J connectivity index is 2.56. The van der Waals surface area contributed by atoms with Gasteiger partial charge >= 0.3 is 13.3 Å². The summed E-state index contributed by atoms with van der Waals surface area (Å²) in [5.74, 6) is -1.32. The van der Waals surface area contributed by atoms with Crippen molar-refractivity contribution in [1.82, 2.24) is 0 Å². The molecule has 0 aromatic carbocycles. The minimum atomic E-state index is -4.16. The molecule has 0 bridgehead atoms. The molecule has 1 unspecified atom stereocenters. The molecule has 6 heteroatoms. The molecule has 1 aliphatic carbocycles. The van der Waals surface area contributed by atoms with E-state index in [-0.39, 0.29) is 19.3 Å². The van der Waals surface area contributed by atoms with Gasteiger partial charge in [-0.25, -0.2) is 0 Å². The average Bonchev–Trinajstić information content (AvgIpc) is 2.03. The van der Waals surface area contributed by atoms with Crippen LogP contribution < -0.4 is 0 Å². The third kappa shape index (κ3) is 2.74. The quantitative estimate of drug-likeness (QED) is 0.617. The van der Waals surface area contributed by atoms with Crippen molar-refractivity contribution in [3.8, 4) is 0 Å². The van der Waals surface area contributed by atoms with E-state index in [0.29, 0.717) is 5.47 Å². The molecule has 0 fully saturated rings. The van der Waals surface area contributed by atoms with Gasteiger partial charge in [-0.1, -0.05) is 6.08 Å². The summed E-state index contributed by atoms with van der Waals surface area (Å²) in [5.41, 5.74) is 0.292. The van der Waals surface area contributed by atoms with Gasteiger partial charge in [-0.05, 0) is 24.7 Å². The van der Waals surface area contributed by atoms with Gasteiger partial charge < -0.3 is 10.0 Å². The Morgan fingerprint density at radius 3 is 2.31 bits per heavy atom. The van der Waals surface area contributed by atoms with Crippen LogP contribution in [0.4, 0.5) is 13.2 Å². The molecule has 74 valence electrons. The van der Waals surface area contributed by atoms with E-state index in [2.05, 4.69) is 0 Å². The zero-order valence-electron chi connectivity index (χ0n) is 6.88. The highest BCUT2D eigenvalue weighted by Crippen LogP contribution is 2.36. The Kier molecular flexibility index (Phi) is 3.03. The molecule has 2 N–H and O–H groups in total. The molecule has 2 nitrogen and oxygen atoms in total. The van der Waals surface area contributed by atoms with E-state index in [1.807, 2.05) is 0 Å². The Morgan fingerprint density at radius 2 is 2.00 bits per heavy atom. The van der Waals surface area contributed by atoms with Crippen molar-refractivity contribution in [1.29, 1.82) is 0 Å². The van der Waals surface area contributed by atoms with Gasteiger partial charge in [0.05, 0.1) is 5.92 Å². The maximum atomic E-state index is 12.1. The summed E-state index contributed by atoms with van der Waals surface area (Å²) in [4.78, 5) is 0. The van der Waals surface area contributed by atoms with E-state index < -0.39 is 19.2 Å². The largest absolute Gasteiger partial charge is 0.483 e. The van der Waals surface area contributed by atoms with Gasteiger partial charge in [0.15, 0.2) is 0 Å². The molecule has 0 heterocycles. The topological polar surface area (TPSA) is 40.5 Å². The van der Waals surface area contributed by atoms with Crippen molar-refractivity contribution in [2.75, 3.05) is 0 Å². The number of hydrogen-bond donors (Lipinski definition) is 2. The van der Waals surface area contributed by atoms with Gasteiger partial charge in [0.25, 0.3) is 0 Å². The van der Waals surface area contributed by atoms with Crippen LogP contribution in [0.15, 0.2) is 11.5 Å². The smallest absolute Gasteiger partial charge is 0.423 e. The summed E-state index contributed by atoms with van der Waals surface area (Å²) in [6.07, 6.45) is -2.97. The van der Waals surface area contributed by atoms with Crippen molar-refractivity contribution in [2.45, 2.75) is 25.4 Å². The van der Waals surface area contributed by atoms with Crippen LogP contribution in [0, 0.1) is 5.92 Å². The molecule has 0 spiro atoms. The number of hydrogen-bond acceptors (Lipinski definition) is 2. The van der Waals surface area contributed by atoms with E-state index in [9.17, 15) is 13.2 Å². The summed E-state index contributed by atoms with van der Waals surface area (Å²) in [7, 11) is -1.60. The lowest BCUT2D eigenvalue weighted by Gasteiger charge is -2.23. The van der Waals surface area contributed by atoms with Crippen molar-refractivity contribution in [3.63, 3.8) is 0 Å². The van der Waals surface area contributed by atoms with E-state index >= 15 is 0 Å². The van der Waals surface area contributed by atoms with Gasteiger partial charge in [0.1, 0.15) is 0 Å². The van der Waals surface area contributed by atoms with Crippen molar-refractivity contribution >= 4 is 7.12 Å². The first-order valence-corrected chi connectivity index (χ1v) is 4.03. The first-order valence-electron chi connectivity index (χ1n) is 4.03. The maximum absolute atomic E-state index is 12.1. The van der Waals surface area contributed by atoms with Gasteiger partial charge in [-0.2, -0.15) is 13.2 Å². The summed E-state index contributed by atoms with van der Waals surface area (Å²) in [6.45, 7) is 0. The van der Waals surface area contributed by atoms with E-state index in [1.54, 1.807) is 0 Å². The van der Waals surface area contributed by atoms with Crippen molar-refractivity contribution in [3.05, 3.63) is 11.5 Å². The van der Waals surface area contributed by atoms with Crippen molar-refractivity contribution < 1.29 is 23.2 Å². The minimum Gasteiger partial charge on any atom is -0.423 e. The van der Waals surface area contributed by atoms with Gasteiger partial charge in [0, 0.05) is 0 Å². The third-order valence-electron chi connectivity index (χ3n) is 2.24. The Bertz CT molecular complexity index is 212. The zero-order chi connectivity index (χ0) is 10.1. The van der Waals surface area contributed by atoms with Crippen LogP contribution in [0.3, 0.4) is 0 Å². The van der Waals surface area contributed by atoms with E-state index in [1.165, 1.54) is 6.08 Å². The molecule has 0 saturated carbocycles. The molecule has 13 heavy (non-hydrogen) atoms. The molecule has 0 aliphatic heterocycles. The number of allylic oxidation sites excluding steroid dienone is 2. The molecular formula is C7H10BF3O2. The van der Waals surface area contributed by atoms with Gasteiger partial charge in [0.2, 0.25) is 0 Å². The monoisotopic (exact) mass is 194 g/mol. The summed E-state index contributed by atoms with van der Waals surface area (Å²) >= 11 is 0. The predicted molar refractivity (Wildman–Crippen MR) is 41.7 cm³/mol. The molecular weight excluding hydrogens is 184 g/mol. The Hall–Kier alpha value is -0.485. The highest BCUT2D eigenvalue weighted by Gasteiger charge is 2.40. The van der Waals surface area contributed by atoms with Crippen LogP contribution in [0.25, 0.3) is 0 Å². The second-order valence-electron chi connectivity index (χ2n) is 3.17. The third-order valence-corrected chi connectivity index (χ3v) is 2.24. The second-order valence-corrected chi connectivity index (χ2v) is 3.17. The van der Waals surface area contributed by atoms with Crippen LogP contribution in [0.2, 0.25) is 0 Å². The Morgan fingerprint density at radius 1 is 1.38 bits per heavy atom. The van der Waals surface area contributed by atoms with E-state index in [0.717, 1.165) is 0 Å². The van der Waals surface area contributed by atoms with E-state index in [4.69, 9.17) is 10.0 Å². The summed E-state index contributed by atoms with van der Waals surface area (Å²) in [5, 5.41) is 17.3. The molecule has 1 atom stereocenters. The fourth-order valence-electron chi connectivity index (χ4n) is 1.39. The maximum Gasteiger partial charge on any atom is 0.483 e.